The molecule has 0 saturated carbocycles. The second-order valence-corrected chi connectivity index (χ2v) is 10.5. The zero-order valence-electron chi connectivity index (χ0n) is 20.1. The highest BCUT2D eigenvalue weighted by molar-refractivity contribution is 7.98. The molecule has 0 fully saturated rings. The number of carbonyl (C=O) groups excluding carboxylic acids is 1. The van der Waals surface area contributed by atoms with Gasteiger partial charge in [0.05, 0.1) is 30.7 Å². The molecule has 5 rings (SSSR count). The average molecular weight is 523 g/mol. The number of aryl methyl sites for hydroxylation is 1. The number of fused-ring (bicyclic) bond motifs is 1. The first-order valence-electron chi connectivity index (χ1n) is 11.9. The van der Waals surface area contributed by atoms with Crippen molar-refractivity contribution in [3.8, 4) is 16.9 Å². The normalized spacial score (nSPS) is 19.3. The number of amides is 1. The molecule has 2 atom stereocenters. The number of aromatic nitrogens is 3. The van der Waals surface area contributed by atoms with E-state index in [1.54, 1.807) is 19.4 Å². The van der Waals surface area contributed by atoms with Crippen molar-refractivity contribution in [2.75, 3.05) is 18.2 Å². The van der Waals surface area contributed by atoms with Crippen LogP contribution in [0.4, 0.5) is 5.82 Å². The summed E-state index contributed by atoms with van der Waals surface area (Å²) in [5.41, 5.74) is 6.05. The van der Waals surface area contributed by atoms with Gasteiger partial charge in [0.25, 0.3) is 5.91 Å². The molecule has 0 aromatic carbocycles. The fourth-order valence-corrected chi connectivity index (χ4v) is 6.11. The highest BCUT2D eigenvalue weighted by Crippen LogP contribution is 2.41. The van der Waals surface area contributed by atoms with Crippen LogP contribution < -0.4 is 10.1 Å². The smallest absolute Gasteiger partial charge is 0.259 e. The Morgan fingerprint density at radius 1 is 1.22 bits per heavy atom. The first-order valence-corrected chi connectivity index (χ1v) is 13.4. The predicted molar refractivity (Wildman–Crippen MR) is 143 cm³/mol. The van der Waals surface area contributed by atoms with E-state index in [4.69, 9.17) is 21.3 Å². The molecular weight excluding hydrogens is 496 g/mol. The first-order chi connectivity index (χ1) is 17.4. The Hall–Kier alpha value is -2.94. The van der Waals surface area contributed by atoms with Gasteiger partial charge in [-0.1, -0.05) is 29.3 Å². The van der Waals surface area contributed by atoms with Crippen molar-refractivity contribution in [1.82, 2.24) is 15.0 Å². The standard InChI is InChI=1S/C27H27ClN4O3S/c1-15-9-19(20-10-25(28)30-12-24(20)35-2)21(11-29-15)27(34)32-26-8-7-18-22(13-36-14-23(18)31-26)16-3-5-17(33)6-4-16/h3,7-12,17,22,33H,4-6,13-14H2,1-2H3,(H,31,32,34). The second kappa shape index (κ2) is 10.6. The topological polar surface area (TPSA) is 97.2 Å². The van der Waals surface area contributed by atoms with E-state index in [-0.39, 0.29) is 12.0 Å². The summed E-state index contributed by atoms with van der Waals surface area (Å²) in [4.78, 5) is 26.6. The van der Waals surface area contributed by atoms with Crippen molar-refractivity contribution >= 4 is 35.1 Å². The Morgan fingerprint density at radius 2 is 2.08 bits per heavy atom. The molecule has 2 aliphatic rings. The van der Waals surface area contributed by atoms with Crippen LogP contribution in [0.2, 0.25) is 5.15 Å². The number of halogens is 1. The van der Waals surface area contributed by atoms with Crippen molar-refractivity contribution in [3.63, 3.8) is 0 Å². The van der Waals surface area contributed by atoms with E-state index in [2.05, 4.69) is 27.4 Å². The van der Waals surface area contributed by atoms with E-state index in [1.165, 1.54) is 17.3 Å². The van der Waals surface area contributed by atoms with Crippen LogP contribution >= 0.6 is 23.4 Å². The summed E-state index contributed by atoms with van der Waals surface area (Å²) in [5, 5.41) is 13.1. The minimum atomic E-state index is -0.316. The number of nitrogens with one attached hydrogen (secondary N) is 1. The van der Waals surface area contributed by atoms with Crippen molar-refractivity contribution in [2.24, 2.45) is 0 Å². The maximum atomic E-state index is 13.4. The molecule has 9 heteroatoms. The van der Waals surface area contributed by atoms with Crippen LogP contribution in [0, 0.1) is 6.92 Å². The number of methoxy groups -OCH3 is 1. The van der Waals surface area contributed by atoms with E-state index in [0.717, 1.165) is 35.7 Å². The molecule has 2 N–H and O–H groups in total. The largest absolute Gasteiger partial charge is 0.494 e. The number of nitrogens with zero attached hydrogens (tertiary/aromatic N) is 3. The fourth-order valence-electron chi connectivity index (χ4n) is 4.78. The molecule has 0 saturated heterocycles. The monoisotopic (exact) mass is 522 g/mol. The Balaban J connectivity index is 1.43. The van der Waals surface area contributed by atoms with Crippen LogP contribution in [-0.2, 0) is 5.75 Å². The molecule has 1 amide bonds. The number of aliphatic hydroxyl groups excluding tert-OH is 1. The van der Waals surface area contributed by atoms with E-state index in [9.17, 15) is 9.90 Å². The molecule has 7 nitrogen and oxygen atoms in total. The molecule has 1 aliphatic carbocycles. The van der Waals surface area contributed by atoms with Crippen LogP contribution in [0.15, 0.2) is 48.3 Å². The van der Waals surface area contributed by atoms with Crippen LogP contribution in [0.5, 0.6) is 5.75 Å². The van der Waals surface area contributed by atoms with Crippen LogP contribution in [-0.4, -0.2) is 44.9 Å². The molecule has 0 bridgehead atoms. The third kappa shape index (κ3) is 5.12. The van der Waals surface area contributed by atoms with Crippen LogP contribution in [0.1, 0.15) is 52.5 Å². The highest BCUT2D eigenvalue weighted by atomic mass is 35.5. The fraction of sp³-hybridized carbons (Fsp3) is 0.333. The van der Waals surface area contributed by atoms with E-state index >= 15 is 0 Å². The Kier molecular flexibility index (Phi) is 7.27. The summed E-state index contributed by atoms with van der Waals surface area (Å²) in [7, 11) is 1.55. The van der Waals surface area contributed by atoms with E-state index in [0.29, 0.717) is 45.7 Å². The van der Waals surface area contributed by atoms with Gasteiger partial charge in [-0.3, -0.25) is 9.78 Å². The lowest BCUT2D eigenvalue weighted by molar-refractivity contribution is 0.102. The van der Waals surface area contributed by atoms with Crippen molar-refractivity contribution in [1.29, 1.82) is 0 Å². The van der Waals surface area contributed by atoms with Gasteiger partial charge in [-0.2, -0.15) is 11.8 Å². The lowest BCUT2D eigenvalue weighted by Gasteiger charge is -2.30. The maximum Gasteiger partial charge on any atom is 0.259 e. The van der Waals surface area contributed by atoms with Gasteiger partial charge in [0.15, 0.2) is 0 Å². The van der Waals surface area contributed by atoms with Crippen LogP contribution in [0.3, 0.4) is 0 Å². The molecule has 3 aromatic heterocycles. The average Bonchev–Trinajstić information content (AvgIpc) is 2.88. The summed E-state index contributed by atoms with van der Waals surface area (Å²) in [5.74, 6) is 2.81. The zero-order valence-corrected chi connectivity index (χ0v) is 21.7. The number of pyridine rings is 3. The number of aliphatic hydroxyl groups is 1. The minimum absolute atomic E-state index is 0.232. The molecular formula is C27H27ClN4O3S. The Bertz CT molecular complexity index is 1350. The van der Waals surface area contributed by atoms with Crippen molar-refractivity contribution < 1.29 is 14.6 Å². The van der Waals surface area contributed by atoms with E-state index < -0.39 is 0 Å². The zero-order chi connectivity index (χ0) is 25.2. The molecule has 1 aliphatic heterocycles. The van der Waals surface area contributed by atoms with Gasteiger partial charge in [-0.25, -0.2) is 9.97 Å². The third-order valence-corrected chi connectivity index (χ3v) is 7.90. The molecule has 186 valence electrons. The summed E-state index contributed by atoms with van der Waals surface area (Å²) in [6.07, 6.45) is 7.49. The SMILES string of the molecule is COc1cnc(Cl)cc1-c1cc(C)ncc1C(=O)Nc1ccc2c(n1)CSCC2C1=CCC(O)CC1. The summed E-state index contributed by atoms with van der Waals surface area (Å²) >= 11 is 8.01. The van der Waals surface area contributed by atoms with Crippen molar-refractivity contribution in [2.45, 2.75) is 44.0 Å². The Labute approximate surface area is 219 Å². The lowest BCUT2D eigenvalue weighted by Crippen LogP contribution is -2.20. The lowest BCUT2D eigenvalue weighted by atomic mass is 9.84. The quantitative estimate of drug-likeness (QED) is 0.334. The molecule has 2 unspecified atom stereocenters. The molecule has 36 heavy (non-hydrogen) atoms. The molecule has 4 heterocycles. The van der Waals surface area contributed by atoms with Gasteiger partial charge in [-0.15, -0.1) is 0 Å². The van der Waals surface area contributed by atoms with Crippen molar-refractivity contribution in [3.05, 3.63) is 76.0 Å². The Morgan fingerprint density at radius 3 is 2.86 bits per heavy atom. The number of thioether (sulfide) groups is 1. The summed E-state index contributed by atoms with van der Waals surface area (Å²) in [6.45, 7) is 1.86. The first kappa shape index (κ1) is 24.7. The second-order valence-electron chi connectivity index (χ2n) is 9.04. The number of hydrogen-bond donors (Lipinski definition) is 2. The van der Waals surface area contributed by atoms with Gasteiger partial charge < -0.3 is 15.2 Å². The molecule has 0 spiro atoms. The van der Waals surface area contributed by atoms with Gasteiger partial charge in [0.2, 0.25) is 0 Å². The third-order valence-electron chi connectivity index (χ3n) is 6.65. The summed E-state index contributed by atoms with van der Waals surface area (Å²) in [6, 6.07) is 7.45. The number of hydrogen-bond acceptors (Lipinski definition) is 7. The van der Waals surface area contributed by atoms with Crippen LogP contribution in [0.25, 0.3) is 11.1 Å². The highest BCUT2D eigenvalue weighted by Gasteiger charge is 2.27. The number of carbonyl (C=O) groups is 1. The maximum absolute atomic E-state index is 13.4. The van der Waals surface area contributed by atoms with E-state index in [1.807, 2.05) is 30.8 Å². The van der Waals surface area contributed by atoms with Gasteiger partial charge in [0, 0.05) is 40.4 Å². The number of allylic oxidation sites excluding steroid dienone is 1. The van der Waals surface area contributed by atoms with Gasteiger partial charge >= 0.3 is 0 Å². The number of anilines is 1. The predicted octanol–water partition coefficient (Wildman–Crippen LogP) is 5.56. The van der Waals surface area contributed by atoms with Gasteiger partial charge in [0.1, 0.15) is 16.7 Å². The van der Waals surface area contributed by atoms with Gasteiger partial charge in [-0.05, 0) is 49.9 Å². The summed E-state index contributed by atoms with van der Waals surface area (Å²) < 4.78 is 5.47. The molecule has 0 radical (unpaired) electrons. The number of rotatable bonds is 5. The number of ether oxygens (including phenoxy) is 1. The molecule has 3 aromatic rings. The minimum Gasteiger partial charge on any atom is -0.494 e.